The van der Waals surface area contributed by atoms with Crippen LogP contribution in [0.5, 0.6) is 0 Å². The van der Waals surface area contributed by atoms with E-state index in [4.69, 9.17) is 0 Å². The fourth-order valence-corrected chi connectivity index (χ4v) is 5.53. The highest BCUT2D eigenvalue weighted by Gasteiger charge is 2.57. The number of imide groups is 1. The lowest BCUT2D eigenvalue weighted by atomic mass is 9.85. The van der Waals surface area contributed by atoms with E-state index in [0.717, 1.165) is 32.5 Å². The van der Waals surface area contributed by atoms with Crippen molar-refractivity contribution in [3.8, 4) is 0 Å². The summed E-state index contributed by atoms with van der Waals surface area (Å²) in [7, 11) is 3.94. The van der Waals surface area contributed by atoms with Crippen molar-refractivity contribution in [1.82, 2.24) is 19.6 Å². The fourth-order valence-electron chi connectivity index (χ4n) is 4.27. The maximum Gasteiger partial charge on any atom is 0.327 e. The summed E-state index contributed by atoms with van der Waals surface area (Å²) >= 11 is 2.03. The number of likely N-dealkylation sites (N-methyl/N-ethyl adjacent to an activating group) is 2. The number of hydrogen-bond donors (Lipinski definition) is 0. The molecule has 24 heavy (non-hydrogen) atoms. The zero-order chi connectivity index (χ0) is 17.3. The molecule has 7 heteroatoms. The Morgan fingerprint density at radius 1 is 1.25 bits per heavy atom. The Hall–Kier alpha value is -0.790. The van der Waals surface area contributed by atoms with Crippen LogP contribution in [-0.4, -0.2) is 101 Å². The normalized spacial score (nSPS) is 27.9. The van der Waals surface area contributed by atoms with E-state index in [1.54, 1.807) is 0 Å². The summed E-state index contributed by atoms with van der Waals surface area (Å²) in [5, 5.41) is 0. The van der Waals surface area contributed by atoms with Gasteiger partial charge in [-0.05, 0) is 46.0 Å². The Bertz CT molecular complexity index is 485. The van der Waals surface area contributed by atoms with Crippen molar-refractivity contribution in [3.05, 3.63) is 0 Å². The smallest absolute Gasteiger partial charge is 0.310 e. The summed E-state index contributed by atoms with van der Waals surface area (Å²) < 4.78 is 0. The van der Waals surface area contributed by atoms with Crippen LogP contribution >= 0.6 is 11.8 Å². The minimum atomic E-state index is -0.583. The fraction of sp³-hybridized carbons (Fsp3) is 0.882. The second-order valence-corrected chi connectivity index (χ2v) is 8.52. The molecule has 3 aliphatic rings. The molecule has 1 spiro atoms. The van der Waals surface area contributed by atoms with E-state index in [-0.39, 0.29) is 11.9 Å². The van der Waals surface area contributed by atoms with Gasteiger partial charge in [-0.25, -0.2) is 4.79 Å². The molecule has 1 atom stereocenters. The first kappa shape index (κ1) is 18.0. The van der Waals surface area contributed by atoms with Gasteiger partial charge in [0.05, 0.1) is 0 Å². The van der Waals surface area contributed by atoms with Gasteiger partial charge >= 0.3 is 6.03 Å². The van der Waals surface area contributed by atoms with Crippen molar-refractivity contribution in [2.24, 2.45) is 0 Å². The van der Waals surface area contributed by atoms with Crippen LogP contribution in [-0.2, 0) is 4.79 Å². The summed E-state index contributed by atoms with van der Waals surface area (Å²) in [6, 6.07) is 0.577. The van der Waals surface area contributed by atoms with Gasteiger partial charge in [-0.2, -0.15) is 11.8 Å². The highest BCUT2D eigenvalue weighted by Crippen LogP contribution is 2.38. The number of rotatable bonds is 5. The average Bonchev–Trinajstić information content (AvgIpc) is 3.15. The number of carbonyl (C=O) groups excluding carboxylic acids is 2. The lowest BCUT2D eigenvalue weighted by Gasteiger charge is -2.43. The number of thioether (sulfide) groups is 1. The molecule has 0 radical (unpaired) electrons. The Morgan fingerprint density at radius 2 is 1.96 bits per heavy atom. The topological polar surface area (TPSA) is 47.1 Å². The molecule has 0 aliphatic carbocycles. The lowest BCUT2D eigenvalue weighted by Crippen LogP contribution is -2.58. The van der Waals surface area contributed by atoms with Crippen LogP contribution in [0.15, 0.2) is 0 Å². The molecule has 3 rings (SSSR count). The van der Waals surface area contributed by atoms with Crippen molar-refractivity contribution in [3.63, 3.8) is 0 Å². The molecule has 0 aromatic carbocycles. The zero-order valence-corrected chi connectivity index (χ0v) is 16.0. The van der Waals surface area contributed by atoms with Crippen LogP contribution in [0, 0.1) is 0 Å². The standard InChI is InChI=1S/C17H30N4O2S/c1-4-21-16(23)20(11-10-18(2)3)15(22)17(21)6-8-19(9-7-17)14-5-12-24-13-14/h14H,4-13H2,1-3H3. The molecule has 3 saturated heterocycles. The molecule has 136 valence electrons. The van der Waals surface area contributed by atoms with Crippen LogP contribution in [0.25, 0.3) is 0 Å². The van der Waals surface area contributed by atoms with Crippen molar-refractivity contribution >= 4 is 23.7 Å². The largest absolute Gasteiger partial charge is 0.327 e. The molecule has 0 saturated carbocycles. The Kier molecular flexibility index (Phi) is 5.42. The van der Waals surface area contributed by atoms with Crippen LogP contribution in [0.3, 0.4) is 0 Å². The van der Waals surface area contributed by atoms with Gasteiger partial charge in [-0.3, -0.25) is 14.6 Å². The summed E-state index contributed by atoms with van der Waals surface area (Å²) in [5.41, 5.74) is -0.583. The molecule has 6 nitrogen and oxygen atoms in total. The first-order valence-electron chi connectivity index (χ1n) is 9.09. The first-order valence-corrected chi connectivity index (χ1v) is 10.2. The van der Waals surface area contributed by atoms with Gasteiger partial charge in [0.15, 0.2) is 0 Å². The van der Waals surface area contributed by atoms with E-state index in [0.29, 0.717) is 19.1 Å². The van der Waals surface area contributed by atoms with Crippen LogP contribution in [0.2, 0.25) is 0 Å². The summed E-state index contributed by atoms with van der Waals surface area (Å²) in [6.07, 6.45) is 2.83. The number of piperidine rings is 1. The molecular weight excluding hydrogens is 324 g/mol. The molecule has 0 bridgehead atoms. The number of likely N-dealkylation sites (tertiary alicyclic amines) is 1. The zero-order valence-electron chi connectivity index (χ0n) is 15.2. The number of urea groups is 1. The van der Waals surface area contributed by atoms with E-state index < -0.39 is 5.54 Å². The van der Waals surface area contributed by atoms with E-state index >= 15 is 0 Å². The van der Waals surface area contributed by atoms with Gasteiger partial charge in [-0.15, -0.1) is 0 Å². The minimum absolute atomic E-state index is 0.0386. The predicted octanol–water partition coefficient (Wildman–Crippen LogP) is 1.17. The molecule has 0 N–H and O–H groups in total. The van der Waals surface area contributed by atoms with Crippen molar-refractivity contribution < 1.29 is 9.59 Å². The van der Waals surface area contributed by atoms with Crippen molar-refractivity contribution in [2.45, 2.75) is 37.8 Å². The number of hydrogen-bond acceptors (Lipinski definition) is 5. The van der Waals surface area contributed by atoms with Crippen LogP contribution < -0.4 is 0 Å². The highest BCUT2D eigenvalue weighted by atomic mass is 32.2. The Balaban J connectivity index is 1.71. The SMILES string of the molecule is CCN1C(=O)N(CCN(C)C)C(=O)C12CCN(C1CCSC1)CC2. The average molecular weight is 355 g/mol. The van der Waals surface area contributed by atoms with Gasteiger partial charge in [0, 0.05) is 44.5 Å². The summed E-state index contributed by atoms with van der Waals surface area (Å²) in [4.78, 5) is 33.8. The summed E-state index contributed by atoms with van der Waals surface area (Å²) in [5.74, 6) is 2.51. The highest BCUT2D eigenvalue weighted by molar-refractivity contribution is 7.99. The summed E-state index contributed by atoms with van der Waals surface area (Å²) in [6.45, 7) is 5.68. The van der Waals surface area contributed by atoms with E-state index in [1.165, 1.54) is 22.8 Å². The predicted molar refractivity (Wildman–Crippen MR) is 97.3 cm³/mol. The van der Waals surface area contributed by atoms with Crippen LogP contribution in [0.1, 0.15) is 26.2 Å². The number of amides is 3. The second-order valence-electron chi connectivity index (χ2n) is 7.37. The van der Waals surface area contributed by atoms with Gasteiger partial charge in [0.25, 0.3) is 5.91 Å². The second kappa shape index (κ2) is 7.22. The molecule has 3 heterocycles. The molecule has 1 unspecified atom stereocenters. The third-order valence-corrected chi connectivity index (χ3v) is 6.90. The maximum atomic E-state index is 13.1. The first-order chi connectivity index (χ1) is 11.5. The molecule has 3 amide bonds. The molecular formula is C17H30N4O2S. The van der Waals surface area contributed by atoms with E-state index in [1.807, 2.05) is 42.6 Å². The number of carbonyl (C=O) groups is 2. The molecule has 0 aromatic heterocycles. The van der Waals surface area contributed by atoms with E-state index in [2.05, 4.69) is 4.90 Å². The van der Waals surface area contributed by atoms with Crippen molar-refractivity contribution in [2.75, 3.05) is 58.3 Å². The Labute approximate surface area is 149 Å². The minimum Gasteiger partial charge on any atom is -0.310 e. The molecule has 3 aliphatic heterocycles. The monoisotopic (exact) mass is 354 g/mol. The van der Waals surface area contributed by atoms with E-state index in [9.17, 15) is 9.59 Å². The van der Waals surface area contributed by atoms with Gasteiger partial charge in [0.2, 0.25) is 0 Å². The lowest BCUT2D eigenvalue weighted by molar-refractivity contribution is -0.136. The Morgan fingerprint density at radius 3 is 2.50 bits per heavy atom. The quantitative estimate of drug-likeness (QED) is 0.694. The van der Waals surface area contributed by atoms with Crippen molar-refractivity contribution in [1.29, 1.82) is 0 Å². The van der Waals surface area contributed by atoms with Gasteiger partial charge in [0.1, 0.15) is 5.54 Å². The third kappa shape index (κ3) is 3.06. The third-order valence-electron chi connectivity index (χ3n) is 5.76. The van der Waals surface area contributed by atoms with Gasteiger partial charge < -0.3 is 9.80 Å². The molecule has 3 fully saturated rings. The maximum absolute atomic E-state index is 13.1. The molecule has 0 aromatic rings. The van der Waals surface area contributed by atoms with Gasteiger partial charge in [-0.1, -0.05) is 0 Å². The number of nitrogens with zero attached hydrogens (tertiary/aromatic N) is 4. The van der Waals surface area contributed by atoms with Crippen LogP contribution in [0.4, 0.5) is 4.79 Å².